The van der Waals surface area contributed by atoms with Gasteiger partial charge in [-0.3, -0.25) is 4.72 Å². The Hall–Kier alpha value is -1.92. The van der Waals surface area contributed by atoms with Gasteiger partial charge in [-0.1, -0.05) is 24.3 Å². The normalized spacial score (nSPS) is 11.3. The number of aliphatic hydroxyl groups is 1. The summed E-state index contributed by atoms with van der Waals surface area (Å²) in [6.45, 7) is -0.140. The number of halogens is 1. The maximum absolute atomic E-state index is 12.7. The van der Waals surface area contributed by atoms with Crippen LogP contribution in [0.2, 0.25) is 0 Å². The van der Waals surface area contributed by atoms with Gasteiger partial charge in [0.1, 0.15) is 5.82 Å². The van der Waals surface area contributed by atoms with E-state index in [0.29, 0.717) is 16.8 Å². The fourth-order valence-electron chi connectivity index (χ4n) is 1.77. The molecule has 2 rings (SSSR count). The summed E-state index contributed by atoms with van der Waals surface area (Å²) in [5.74, 6) is -0.637. The molecule has 0 aliphatic rings. The molecule has 0 unspecified atom stereocenters. The smallest absolute Gasteiger partial charge is 0.236 e. The highest BCUT2D eigenvalue weighted by Gasteiger charge is 2.12. The molecule has 0 saturated carbocycles. The number of sulfonamides is 1. The van der Waals surface area contributed by atoms with Gasteiger partial charge in [-0.25, -0.2) is 12.8 Å². The van der Waals surface area contributed by atoms with Crippen LogP contribution in [0.5, 0.6) is 0 Å². The van der Waals surface area contributed by atoms with E-state index in [1.54, 1.807) is 24.3 Å². The van der Waals surface area contributed by atoms with Crippen molar-refractivity contribution >= 4 is 15.7 Å². The molecule has 0 amide bonds. The number of rotatable bonds is 5. The van der Waals surface area contributed by atoms with Crippen molar-refractivity contribution in [2.24, 2.45) is 0 Å². The Bertz CT molecular complexity index is 684. The van der Waals surface area contributed by atoms with Crippen LogP contribution in [0.4, 0.5) is 10.1 Å². The van der Waals surface area contributed by atoms with E-state index in [1.807, 2.05) is 0 Å². The minimum absolute atomic E-state index is 0.140. The summed E-state index contributed by atoms with van der Waals surface area (Å²) in [5, 5.41) is 9.02. The Morgan fingerprint density at radius 2 is 1.70 bits per heavy atom. The standard InChI is InChI=1S/C14H14FNO3S/c15-13-4-6-14(7-5-13)16-20(18,19)10-12-3-1-2-11(8-12)9-17/h1-8,16-17H,9-10H2. The molecule has 0 aromatic heterocycles. The molecule has 0 atom stereocenters. The van der Waals surface area contributed by atoms with Crippen LogP contribution in [0.3, 0.4) is 0 Å². The van der Waals surface area contributed by atoms with Crippen LogP contribution < -0.4 is 4.72 Å². The summed E-state index contributed by atoms with van der Waals surface area (Å²) in [5.41, 5.74) is 1.54. The van der Waals surface area contributed by atoms with Gasteiger partial charge < -0.3 is 5.11 Å². The van der Waals surface area contributed by atoms with E-state index < -0.39 is 15.8 Å². The number of benzene rings is 2. The lowest BCUT2D eigenvalue weighted by Gasteiger charge is -2.08. The van der Waals surface area contributed by atoms with Crippen molar-refractivity contribution in [1.29, 1.82) is 0 Å². The molecule has 0 saturated heterocycles. The van der Waals surface area contributed by atoms with E-state index in [0.717, 1.165) is 0 Å². The second-order valence-electron chi connectivity index (χ2n) is 4.35. The largest absolute Gasteiger partial charge is 0.392 e. The van der Waals surface area contributed by atoms with Gasteiger partial charge in [-0.15, -0.1) is 0 Å². The van der Waals surface area contributed by atoms with Crippen molar-refractivity contribution in [3.63, 3.8) is 0 Å². The summed E-state index contributed by atoms with van der Waals surface area (Å²) in [6, 6.07) is 11.8. The maximum Gasteiger partial charge on any atom is 0.236 e. The lowest BCUT2D eigenvalue weighted by atomic mass is 10.1. The van der Waals surface area contributed by atoms with Crippen LogP contribution in [-0.2, 0) is 22.4 Å². The number of hydrogen-bond acceptors (Lipinski definition) is 3. The Labute approximate surface area is 116 Å². The molecule has 4 nitrogen and oxygen atoms in total. The van der Waals surface area contributed by atoms with Gasteiger partial charge >= 0.3 is 0 Å². The molecule has 0 spiro atoms. The van der Waals surface area contributed by atoms with Crippen molar-refractivity contribution in [3.05, 3.63) is 65.5 Å². The van der Waals surface area contributed by atoms with Crippen molar-refractivity contribution < 1.29 is 17.9 Å². The molecule has 6 heteroatoms. The molecule has 0 aliphatic carbocycles. The molecule has 0 bridgehead atoms. The number of nitrogens with one attached hydrogen (secondary N) is 1. The molecule has 0 heterocycles. The van der Waals surface area contributed by atoms with Gasteiger partial charge in [0.15, 0.2) is 0 Å². The molecule has 20 heavy (non-hydrogen) atoms. The number of hydrogen-bond donors (Lipinski definition) is 2. The van der Waals surface area contributed by atoms with E-state index in [-0.39, 0.29) is 12.4 Å². The lowest BCUT2D eigenvalue weighted by molar-refractivity contribution is 0.282. The summed E-state index contributed by atoms with van der Waals surface area (Å²) < 4.78 is 39.1. The molecule has 0 radical (unpaired) electrons. The zero-order valence-corrected chi connectivity index (χ0v) is 11.4. The van der Waals surface area contributed by atoms with E-state index in [1.165, 1.54) is 24.3 Å². The monoisotopic (exact) mass is 295 g/mol. The Kier molecular flexibility index (Phi) is 4.36. The van der Waals surface area contributed by atoms with Crippen LogP contribution in [0.15, 0.2) is 48.5 Å². The molecule has 2 aromatic carbocycles. The summed E-state index contributed by atoms with van der Waals surface area (Å²) in [6.07, 6.45) is 0. The maximum atomic E-state index is 12.7. The third kappa shape index (κ3) is 4.04. The second-order valence-corrected chi connectivity index (χ2v) is 6.07. The molecular formula is C14H14FNO3S. The number of anilines is 1. The first kappa shape index (κ1) is 14.5. The van der Waals surface area contributed by atoms with Gasteiger partial charge in [0.25, 0.3) is 0 Å². The van der Waals surface area contributed by atoms with E-state index in [2.05, 4.69) is 4.72 Å². The predicted molar refractivity (Wildman–Crippen MR) is 75.0 cm³/mol. The van der Waals surface area contributed by atoms with E-state index in [9.17, 15) is 12.8 Å². The first-order valence-electron chi connectivity index (χ1n) is 5.93. The highest BCUT2D eigenvalue weighted by atomic mass is 32.2. The highest BCUT2D eigenvalue weighted by Crippen LogP contribution is 2.14. The first-order valence-corrected chi connectivity index (χ1v) is 7.58. The molecule has 2 aromatic rings. The van der Waals surface area contributed by atoms with Crippen LogP contribution in [-0.4, -0.2) is 13.5 Å². The van der Waals surface area contributed by atoms with Gasteiger partial charge in [-0.05, 0) is 35.4 Å². The molecule has 0 fully saturated rings. The van der Waals surface area contributed by atoms with Crippen molar-refractivity contribution in [2.75, 3.05) is 4.72 Å². The predicted octanol–water partition coefficient (Wildman–Crippen LogP) is 2.26. The van der Waals surface area contributed by atoms with E-state index >= 15 is 0 Å². The molecule has 106 valence electrons. The minimum atomic E-state index is -3.58. The third-order valence-corrected chi connectivity index (χ3v) is 3.91. The lowest BCUT2D eigenvalue weighted by Crippen LogP contribution is -2.15. The average Bonchev–Trinajstić information content (AvgIpc) is 2.41. The first-order chi connectivity index (χ1) is 9.48. The summed E-state index contributed by atoms with van der Waals surface area (Å²) >= 11 is 0. The summed E-state index contributed by atoms with van der Waals surface area (Å²) in [7, 11) is -3.58. The van der Waals surface area contributed by atoms with Crippen LogP contribution in [0.1, 0.15) is 11.1 Å². The van der Waals surface area contributed by atoms with Crippen molar-refractivity contribution in [3.8, 4) is 0 Å². The quantitative estimate of drug-likeness (QED) is 0.889. The van der Waals surface area contributed by atoms with Crippen LogP contribution in [0.25, 0.3) is 0 Å². The highest BCUT2D eigenvalue weighted by molar-refractivity contribution is 7.91. The zero-order chi connectivity index (χ0) is 14.6. The van der Waals surface area contributed by atoms with Gasteiger partial charge in [0.05, 0.1) is 12.4 Å². The average molecular weight is 295 g/mol. The van der Waals surface area contributed by atoms with Crippen LogP contribution >= 0.6 is 0 Å². The fraction of sp³-hybridized carbons (Fsp3) is 0.143. The minimum Gasteiger partial charge on any atom is -0.392 e. The van der Waals surface area contributed by atoms with Crippen LogP contribution in [0, 0.1) is 5.82 Å². The molecule has 2 N–H and O–H groups in total. The fourth-order valence-corrected chi connectivity index (χ4v) is 2.96. The third-order valence-electron chi connectivity index (χ3n) is 2.65. The van der Waals surface area contributed by atoms with E-state index in [4.69, 9.17) is 5.11 Å². The topological polar surface area (TPSA) is 66.4 Å². The molecular weight excluding hydrogens is 281 g/mol. The molecule has 0 aliphatic heterocycles. The van der Waals surface area contributed by atoms with Gasteiger partial charge in [0, 0.05) is 5.69 Å². The summed E-state index contributed by atoms with van der Waals surface area (Å²) in [4.78, 5) is 0. The SMILES string of the molecule is O=S(=O)(Cc1cccc(CO)c1)Nc1ccc(F)cc1. The van der Waals surface area contributed by atoms with Crippen molar-refractivity contribution in [1.82, 2.24) is 0 Å². The zero-order valence-electron chi connectivity index (χ0n) is 10.6. The Morgan fingerprint density at radius 1 is 1.05 bits per heavy atom. The Balaban J connectivity index is 2.12. The Morgan fingerprint density at radius 3 is 2.35 bits per heavy atom. The second kappa shape index (κ2) is 6.02. The van der Waals surface area contributed by atoms with Gasteiger partial charge in [-0.2, -0.15) is 0 Å². The number of aliphatic hydroxyl groups excluding tert-OH is 1. The van der Waals surface area contributed by atoms with Gasteiger partial charge in [0.2, 0.25) is 10.0 Å². The van der Waals surface area contributed by atoms with Crippen molar-refractivity contribution in [2.45, 2.75) is 12.4 Å².